The maximum absolute atomic E-state index is 12.4. The Morgan fingerprint density at radius 3 is 2.64 bits per heavy atom. The van der Waals surface area contributed by atoms with E-state index in [0.717, 1.165) is 4.90 Å². The van der Waals surface area contributed by atoms with Gasteiger partial charge in [-0.25, -0.2) is 0 Å². The van der Waals surface area contributed by atoms with Gasteiger partial charge >= 0.3 is 6.18 Å². The molecule has 5 nitrogen and oxygen atoms in total. The number of methoxy groups -OCH3 is 1. The average Bonchev–Trinajstić information content (AvgIpc) is 2.95. The van der Waals surface area contributed by atoms with E-state index >= 15 is 0 Å². The molecule has 0 radical (unpaired) electrons. The number of amides is 1. The van der Waals surface area contributed by atoms with Crippen molar-refractivity contribution in [3.8, 4) is 5.75 Å². The molecule has 2 aromatic rings. The van der Waals surface area contributed by atoms with Gasteiger partial charge in [-0.1, -0.05) is 11.3 Å². The second-order valence-electron chi connectivity index (χ2n) is 3.93. The highest BCUT2D eigenvalue weighted by molar-refractivity contribution is 7.98. The zero-order valence-corrected chi connectivity index (χ0v) is 13.0. The summed E-state index contributed by atoms with van der Waals surface area (Å²) in [5, 5.41) is 7.24. The number of thioether (sulfide) groups is 1. The topological polar surface area (TPSA) is 64.1 Å². The van der Waals surface area contributed by atoms with Crippen LogP contribution in [0.15, 0.2) is 23.1 Å². The van der Waals surface area contributed by atoms with E-state index in [2.05, 4.69) is 15.5 Å². The van der Waals surface area contributed by atoms with Crippen molar-refractivity contribution in [3.05, 3.63) is 28.8 Å². The molecular formula is C12H10F3N3O2S2. The highest BCUT2D eigenvalue weighted by Gasteiger charge is 2.35. The molecular weight excluding hydrogens is 339 g/mol. The molecule has 2 rings (SSSR count). The molecule has 0 unspecified atom stereocenters. The lowest BCUT2D eigenvalue weighted by Gasteiger charge is -2.09. The van der Waals surface area contributed by atoms with Gasteiger partial charge < -0.3 is 4.74 Å². The maximum atomic E-state index is 12.4. The van der Waals surface area contributed by atoms with E-state index < -0.39 is 17.1 Å². The van der Waals surface area contributed by atoms with Crippen LogP contribution in [0.1, 0.15) is 15.4 Å². The molecule has 1 aromatic heterocycles. The summed E-state index contributed by atoms with van der Waals surface area (Å²) in [4.78, 5) is 13.0. The van der Waals surface area contributed by atoms with Crippen LogP contribution >= 0.6 is 23.1 Å². The number of benzene rings is 1. The first-order valence-electron chi connectivity index (χ1n) is 5.79. The van der Waals surface area contributed by atoms with E-state index in [9.17, 15) is 18.0 Å². The molecule has 0 aliphatic heterocycles. The lowest BCUT2D eigenvalue weighted by atomic mass is 10.2. The van der Waals surface area contributed by atoms with E-state index in [0.29, 0.717) is 5.75 Å². The molecule has 0 fully saturated rings. The SMILES string of the molecule is COc1cc(SC)ccc1C(=O)Nc1nnc(C(F)(F)F)s1. The summed E-state index contributed by atoms with van der Waals surface area (Å²) in [6.07, 6.45) is -2.72. The number of ether oxygens (including phenoxy) is 1. The van der Waals surface area contributed by atoms with Crippen LogP contribution in [0, 0.1) is 0 Å². The first-order valence-corrected chi connectivity index (χ1v) is 7.83. The Kier molecular flexibility index (Phi) is 4.91. The number of rotatable bonds is 4. The molecule has 0 spiro atoms. The molecule has 10 heteroatoms. The molecule has 1 aromatic carbocycles. The van der Waals surface area contributed by atoms with Gasteiger partial charge in [0.2, 0.25) is 10.1 Å². The fourth-order valence-corrected chi connectivity index (χ4v) is 2.57. The van der Waals surface area contributed by atoms with Gasteiger partial charge in [-0.2, -0.15) is 13.2 Å². The molecule has 0 bridgehead atoms. The van der Waals surface area contributed by atoms with Gasteiger partial charge in [-0.3, -0.25) is 10.1 Å². The summed E-state index contributed by atoms with van der Waals surface area (Å²) in [7, 11) is 1.41. The summed E-state index contributed by atoms with van der Waals surface area (Å²) < 4.78 is 42.4. The Morgan fingerprint density at radius 1 is 1.36 bits per heavy atom. The second-order valence-corrected chi connectivity index (χ2v) is 5.79. The van der Waals surface area contributed by atoms with Crippen LogP contribution in [-0.4, -0.2) is 29.5 Å². The maximum Gasteiger partial charge on any atom is 0.445 e. The van der Waals surface area contributed by atoms with Gasteiger partial charge in [0.25, 0.3) is 5.91 Å². The monoisotopic (exact) mass is 349 g/mol. The van der Waals surface area contributed by atoms with Crippen molar-refractivity contribution in [1.82, 2.24) is 10.2 Å². The van der Waals surface area contributed by atoms with Gasteiger partial charge in [0.05, 0.1) is 12.7 Å². The third-order valence-corrected chi connectivity index (χ3v) is 4.15. The van der Waals surface area contributed by atoms with E-state index in [4.69, 9.17) is 4.74 Å². The van der Waals surface area contributed by atoms with Crippen LogP contribution in [0.25, 0.3) is 0 Å². The van der Waals surface area contributed by atoms with E-state index in [1.165, 1.54) is 24.9 Å². The molecule has 0 saturated carbocycles. The number of alkyl halides is 3. The highest BCUT2D eigenvalue weighted by Crippen LogP contribution is 2.33. The van der Waals surface area contributed by atoms with E-state index in [-0.39, 0.29) is 22.0 Å². The number of anilines is 1. The molecule has 0 aliphatic rings. The quantitative estimate of drug-likeness (QED) is 0.856. The fraction of sp³-hybridized carbons (Fsp3) is 0.250. The number of nitrogens with zero attached hydrogens (tertiary/aromatic N) is 2. The van der Waals surface area contributed by atoms with Crippen LogP contribution in [0.4, 0.5) is 18.3 Å². The summed E-state index contributed by atoms with van der Waals surface area (Å²) in [6, 6.07) is 4.91. The van der Waals surface area contributed by atoms with Gasteiger partial charge in [0, 0.05) is 4.90 Å². The Balaban J connectivity index is 2.20. The Morgan fingerprint density at radius 2 is 2.09 bits per heavy atom. The van der Waals surface area contributed by atoms with Crippen LogP contribution in [0.3, 0.4) is 0 Å². The predicted molar refractivity (Wildman–Crippen MR) is 77.6 cm³/mol. The largest absolute Gasteiger partial charge is 0.496 e. The minimum atomic E-state index is -4.58. The Hall–Kier alpha value is -1.81. The first kappa shape index (κ1) is 16.6. The zero-order chi connectivity index (χ0) is 16.3. The standard InChI is InChI=1S/C12H10F3N3O2S2/c1-20-8-5-6(21-2)3-4-7(8)9(19)16-11-18-17-10(22-11)12(13,14)15/h3-5H,1-2H3,(H,16,18,19). The number of carbonyl (C=O) groups excluding carboxylic acids is 1. The van der Waals surface area contributed by atoms with Crippen LogP contribution < -0.4 is 10.1 Å². The summed E-state index contributed by atoms with van der Waals surface area (Å²) in [6.45, 7) is 0. The smallest absolute Gasteiger partial charge is 0.445 e. The average molecular weight is 349 g/mol. The Labute approximate surface area is 131 Å². The van der Waals surface area contributed by atoms with Crippen LogP contribution in [0.2, 0.25) is 0 Å². The Bertz CT molecular complexity index is 688. The highest BCUT2D eigenvalue weighted by atomic mass is 32.2. The van der Waals surface area contributed by atoms with E-state index in [1.807, 2.05) is 6.26 Å². The van der Waals surface area contributed by atoms with Crippen molar-refractivity contribution in [3.63, 3.8) is 0 Å². The van der Waals surface area contributed by atoms with Crippen molar-refractivity contribution in [2.45, 2.75) is 11.1 Å². The zero-order valence-electron chi connectivity index (χ0n) is 11.4. The number of nitrogens with one attached hydrogen (secondary N) is 1. The summed E-state index contributed by atoms with van der Waals surface area (Å²) in [5.74, 6) is -0.292. The fourth-order valence-electron chi connectivity index (χ4n) is 1.54. The van der Waals surface area contributed by atoms with Gasteiger partial charge in [0.1, 0.15) is 5.75 Å². The second kappa shape index (κ2) is 6.53. The minimum absolute atomic E-state index is 0.198. The lowest BCUT2D eigenvalue weighted by molar-refractivity contribution is -0.138. The third-order valence-electron chi connectivity index (χ3n) is 2.54. The number of carbonyl (C=O) groups is 1. The predicted octanol–water partition coefficient (Wildman–Crippen LogP) is 3.54. The molecule has 0 aliphatic carbocycles. The number of aromatic nitrogens is 2. The van der Waals surface area contributed by atoms with E-state index in [1.54, 1.807) is 12.1 Å². The van der Waals surface area contributed by atoms with Crippen molar-refractivity contribution >= 4 is 34.1 Å². The molecule has 118 valence electrons. The number of hydrogen-bond donors (Lipinski definition) is 1. The third kappa shape index (κ3) is 3.69. The molecule has 1 N–H and O–H groups in total. The first-order chi connectivity index (χ1) is 10.3. The van der Waals surface area contributed by atoms with Crippen LogP contribution in [0.5, 0.6) is 5.75 Å². The molecule has 1 heterocycles. The van der Waals surface area contributed by atoms with Gasteiger partial charge in [-0.05, 0) is 24.5 Å². The van der Waals surface area contributed by atoms with Crippen molar-refractivity contribution in [2.24, 2.45) is 0 Å². The van der Waals surface area contributed by atoms with Gasteiger partial charge in [-0.15, -0.1) is 22.0 Å². The molecule has 0 atom stereocenters. The van der Waals surface area contributed by atoms with Crippen LogP contribution in [-0.2, 0) is 6.18 Å². The molecule has 1 amide bonds. The van der Waals surface area contributed by atoms with Crippen molar-refractivity contribution < 1.29 is 22.7 Å². The van der Waals surface area contributed by atoms with Crippen molar-refractivity contribution in [1.29, 1.82) is 0 Å². The van der Waals surface area contributed by atoms with Crippen molar-refractivity contribution in [2.75, 3.05) is 18.7 Å². The molecule has 22 heavy (non-hydrogen) atoms. The number of halogens is 3. The minimum Gasteiger partial charge on any atom is -0.496 e. The molecule has 0 saturated heterocycles. The summed E-state index contributed by atoms with van der Waals surface area (Å²) >= 11 is 1.73. The summed E-state index contributed by atoms with van der Waals surface area (Å²) in [5.41, 5.74) is 0.198. The van der Waals surface area contributed by atoms with Gasteiger partial charge in [0.15, 0.2) is 0 Å². The lowest BCUT2D eigenvalue weighted by Crippen LogP contribution is -2.13. The normalized spacial score (nSPS) is 11.3. The number of hydrogen-bond acceptors (Lipinski definition) is 6.